The van der Waals surface area contributed by atoms with E-state index in [0.717, 1.165) is 0 Å². The van der Waals surface area contributed by atoms with Crippen LogP contribution in [-0.2, 0) is 4.79 Å². The Morgan fingerprint density at radius 3 is 2.00 bits per heavy atom. The van der Waals surface area contributed by atoms with Crippen molar-refractivity contribution in [3.05, 3.63) is 0 Å². The Labute approximate surface area is 81.5 Å². The molecule has 0 spiro atoms. The average molecular weight is 208 g/mol. The maximum atomic E-state index is 9.85. The van der Waals surface area contributed by atoms with Crippen LogP contribution >= 0.6 is 0 Å². The van der Waals surface area contributed by atoms with Crippen LogP contribution in [-0.4, -0.2) is 46.6 Å². The highest BCUT2D eigenvalue weighted by molar-refractivity contribution is 5.72. The summed E-state index contributed by atoms with van der Waals surface area (Å²) in [7, 11) is 0. The van der Waals surface area contributed by atoms with Gasteiger partial charge in [-0.3, -0.25) is 4.79 Å². The number of rotatable bonds is 4. The van der Waals surface area contributed by atoms with Crippen LogP contribution in [0.2, 0.25) is 0 Å². The van der Waals surface area contributed by atoms with Gasteiger partial charge in [0.25, 0.3) is 0 Å². The summed E-state index contributed by atoms with van der Waals surface area (Å²) in [5.41, 5.74) is 4.97. The quantitative estimate of drug-likeness (QED) is 0.404. The van der Waals surface area contributed by atoms with Crippen LogP contribution in [0.25, 0.3) is 0 Å². The highest BCUT2D eigenvalue weighted by atomic mass is 16.4. The summed E-state index contributed by atoms with van der Waals surface area (Å²) in [6, 6.07) is -0.917. The van der Waals surface area contributed by atoms with Gasteiger partial charge in [0.05, 0.1) is 0 Å². The van der Waals surface area contributed by atoms with Gasteiger partial charge in [-0.05, 0) is 13.3 Å². The molecule has 0 aromatic rings. The normalized spacial score (nSPS) is 10.8. The molecule has 7 nitrogen and oxygen atoms in total. The topological polar surface area (TPSA) is 133 Å². The molecule has 0 saturated heterocycles. The molecule has 0 heterocycles. The monoisotopic (exact) mass is 208 g/mol. The average Bonchev–Trinajstić information content (AvgIpc) is 2.05. The lowest BCUT2D eigenvalue weighted by molar-refractivity contribution is -0.138. The molecule has 0 aliphatic heterocycles. The third-order valence-electron chi connectivity index (χ3n) is 1.09. The first-order valence-electron chi connectivity index (χ1n) is 4.01. The first kappa shape index (κ1) is 15.1. The van der Waals surface area contributed by atoms with Crippen molar-refractivity contribution < 1.29 is 24.9 Å². The zero-order valence-electron chi connectivity index (χ0n) is 7.93. The van der Waals surface area contributed by atoms with E-state index >= 15 is 0 Å². The molecule has 0 bridgehead atoms. The van der Waals surface area contributed by atoms with Gasteiger partial charge >= 0.3 is 12.1 Å². The van der Waals surface area contributed by atoms with E-state index in [9.17, 15) is 9.59 Å². The van der Waals surface area contributed by atoms with E-state index in [-0.39, 0.29) is 13.0 Å². The molecule has 0 rings (SSSR count). The summed E-state index contributed by atoms with van der Waals surface area (Å²) >= 11 is 0. The fraction of sp³-hybridized carbons (Fsp3) is 0.714. The van der Waals surface area contributed by atoms with Crippen molar-refractivity contribution in [1.82, 2.24) is 5.32 Å². The Bertz CT molecular complexity index is 173. The minimum Gasteiger partial charge on any atom is -0.480 e. The van der Waals surface area contributed by atoms with Crippen LogP contribution in [0, 0.1) is 0 Å². The Hall–Kier alpha value is -1.34. The summed E-state index contributed by atoms with van der Waals surface area (Å²) in [5.74, 6) is -1.07. The van der Waals surface area contributed by atoms with Gasteiger partial charge in [0.2, 0.25) is 0 Å². The smallest absolute Gasteiger partial charge is 0.404 e. The van der Waals surface area contributed by atoms with Crippen LogP contribution in [0.15, 0.2) is 0 Å². The molecule has 0 saturated carbocycles. The predicted octanol–water partition coefficient (Wildman–Crippen LogP) is -0.945. The lowest BCUT2D eigenvalue weighted by Gasteiger charge is -2.00. The highest BCUT2D eigenvalue weighted by Gasteiger charge is 2.08. The Morgan fingerprint density at radius 2 is 1.93 bits per heavy atom. The summed E-state index contributed by atoms with van der Waals surface area (Å²) in [4.78, 5) is 19.3. The fourth-order valence-electron chi connectivity index (χ4n) is 0.414. The molecule has 7 heteroatoms. The molecule has 14 heavy (non-hydrogen) atoms. The zero-order chi connectivity index (χ0) is 11.6. The molecule has 0 aliphatic carbocycles. The number of carbonyl (C=O) groups is 2. The third kappa shape index (κ3) is 13.3. The van der Waals surface area contributed by atoms with Gasteiger partial charge in [-0.25, -0.2) is 4.79 Å². The van der Waals surface area contributed by atoms with Crippen LogP contribution in [0.1, 0.15) is 13.3 Å². The summed E-state index contributed by atoms with van der Waals surface area (Å²) in [6.07, 6.45) is -0.840. The molecule has 1 atom stereocenters. The van der Waals surface area contributed by atoms with Crippen molar-refractivity contribution in [3.8, 4) is 0 Å². The number of aliphatic carboxylic acids is 1. The van der Waals surface area contributed by atoms with Crippen LogP contribution < -0.4 is 11.1 Å². The van der Waals surface area contributed by atoms with Crippen molar-refractivity contribution in [2.24, 2.45) is 5.73 Å². The van der Waals surface area contributed by atoms with Gasteiger partial charge in [-0.15, -0.1) is 0 Å². The molecule has 84 valence electrons. The van der Waals surface area contributed by atoms with Crippen LogP contribution in [0.5, 0.6) is 0 Å². The van der Waals surface area contributed by atoms with E-state index in [2.05, 4.69) is 5.32 Å². The zero-order valence-corrected chi connectivity index (χ0v) is 7.93. The first-order chi connectivity index (χ1) is 6.45. The molecular formula is C7H16N2O5. The molecule has 1 amide bonds. The van der Waals surface area contributed by atoms with E-state index in [1.54, 1.807) is 6.92 Å². The van der Waals surface area contributed by atoms with Crippen molar-refractivity contribution >= 4 is 12.1 Å². The number of hydrogen-bond acceptors (Lipinski definition) is 4. The van der Waals surface area contributed by atoms with E-state index < -0.39 is 18.1 Å². The van der Waals surface area contributed by atoms with E-state index in [1.807, 2.05) is 0 Å². The number of nitrogens with one attached hydrogen (secondary N) is 1. The lowest BCUT2D eigenvalue weighted by Crippen LogP contribution is -2.30. The van der Waals surface area contributed by atoms with Gasteiger partial charge in [0, 0.05) is 13.2 Å². The number of nitrogens with two attached hydrogens (primary N) is 1. The lowest BCUT2D eigenvalue weighted by atomic mass is 10.2. The Kier molecular flexibility index (Phi) is 10.5. The molecule has 0 aromatic carbocycles. The summed E-state index contributed by atoms with van der Waals surface area (Å²) in [5, 5.41) is 26.1. The number of aliphatic hydroxyl groups is 1. The standard InChI is InChI=1S/C4H9NO3.C3H7NO2/c5-3(1-2-6)4(7)8;1-2-4-3(5)6/h3,6H,1-2,5H2,(H,7,8);4H,2H2,1H3,(H,5,6). The van der Waals surface area contributed by atoms with Gasteiger partial charge in [0.15, 0.2) is 0 Å². The number of amides is 1. The van der Waals surface area contributed by atoms with E-state index in [1.165, 1.54) is 0 Å². The summed E-state index contributed by atoms with van der Waals surface area (Å²) < 4.78 is 0. The SMILES string of the molecule is CCNC(=O)O.NC(CCO)C(=O)O. The number of aliphatic hydroxyl groups excluding tert-OH is 1. The number of carboxylic acid groups (broad SMARTS) is 2. The second-order valence-electron chi connectivity index (χ2n) is 2.29. The van der Waals surface area contributed by atoms with Gasteiger partial charge in [0.1, 0.15) is 6.04 Å². The largest absolute Gasteiger partial charge is 0.480 e. The molecule has 0 aromatic heterocycles. The van der Waals surface area contributed by atoms with Gasteiger partial charge < -0.3 is 26.4 Å². The minimum absolute atomic E-state index is 0.120. The molecule has 0 aliphatic rings. The Morgan fingerprint density at radius 1 is 1.43 bits per heavy atom. The highest BCUT2D eigenvalue weighted by Crippen LogP contribution is 1.83. The van der Waals surface area contributed by atoms with Crippen molar-refractivity contribution in [1.29, 1.82) is 0 Å². The number of carboxylic acids is 1. The van der Waals surface area contributed by atoms with Crippen molar-refractivity contribution in [2.45, 2.75) is 19.4 Å². The fourth-order valence-corrected chi connectivity index (χ4v) is 0.414. The first-order valence-corrected chi connectivity index (χ1v) is 4.01. The van der Waals surface area contributed by atoms with Crippen LogP contribution in [0.3, 0.4) is 0 Å². The maximum Gasteiger partial charge on any atom is 0.404 e. The van der Waals surface area contributed by atoms with E-state index in [0.29, 0.717) is 6.54 Å². The van der Waals surface area contributed by atoms with Gasteiger partial charge in [-0.2, -0.15) is 0 Å². The third-order valence-corrected chi connectivity index (χ3v) is 1.09. The minimum atomic E-state index is -1.07. The molecule has 1 unspecified atom stereocenters. The predicted molar refractivity (Wildman–Crippen MR) is 49.0 cm³/mol. The maximum absolute atomic E-state index is 9.85. The molecular weight excluding hydrogens is 192 g/mol. The molecule has 6 N–H and O–H groups in total. The second kappa shape index (κ2) is 9.75. The van der Waals surface area contributed by atoms with Crippen LogP contribution in [0.4, 0.5) is 4.79 Å². The molecule has 0 radical (unpaired) electrons. The van der Waals surface area contributed by atoms with Crippen molar-refractivity contribution in [2.75, 3.05) is 13.2 Å². The van der Waals surface area contributed by atoms with Gasteiger partial charge in [-0.1, -0.05) is 0 Å². The number of hydrogen-bond donors (Lipinski definition) is 5. The van der Waals surface area contributed by atoms with E-state index in [4.69, 9.17) is 21.1 Å². The van der Waals surface area contributed by atoms with Crippen molar-refractivity contribution in [3.63, 3.8) is 0 Å². The summed E-state index contributed by atoms with van der Waals surface area (Å²) in [6.45, 7) is 2.04. The Balaban J connectivity index is 0. The molecule has 0 fully saturated rings. The second-order valence-corrected chi connectivity index (χ2v) is 2.29.